The van der Waals surface area contributed by atoms with Crippen molar-refractivity contribution in [3.63, 3.8) is 0 Å². The Morgan fingerprint density at radius 3 is 2.10 bits per heavy atom. The number of carbonyl (C=O) groups is 4. The van der Waals surface area contributed by atoms with Crippen LogP contribution in [0.5, 0.6) is 0 Å². The van der Waals surface area contributed by atoms with Gasteiger partial charge in [0.05, 0.1) is 11.8 Å². The fraction of sp³-hybridized carbons (Fsp3) is 0.545. The zero-order valence-corrected chi connectivity index (χ0v) is 17.1. The largest absolute Gasteiger partial charge is 0.454 e. The number of rotatable bonds is 6. The number of carbonyl (C=O) groups excluding carboxylic acids is 4. The molecule has 1 saturated heterocycles. The van der Waals surface area contributed by atoms with Gasteiger partial charge in [-0.25, -0.2) is 4.79 Å². The summed E-state index contributed by atoms with van der Waals surface area (Å²) in [6.45, 7) is 5.16. The molecular formula is C22H28N2O5. The van der Waals surface area contributed by atoms with Crippen LogP contribution < -0.4 is 5.32 Å². The molecule has 1 aromatic carbocycles. The van der Waals surface area contributed by atoms with Crippen LogP contribution in [0.1, 0.15) is 57.9 Å². The summed E-state index contributed by atoms with van der Waals surface area (Å²) in [7, 11) is 0. The molecule has 7 heteroatoms. The van der Waals surface area contributed by atoms with Crippen LogP contribution in [0.25, 0.3) is 0 Å². The van der Waals surface area contributed by atoms with E-state index in [9.17, 15) is 19.2 Å². The highest BCUT2D eigenvalue weighted by Crippen LogP contribution is 2.38. The van der Waals surface area contributed by atoms with Crippen LogP contribution in [0.4, 0.5) is 5.69 Å². The zero-order chi connectivity index (χ0) is 21.1. The Morgan fingerprint density at radius 1 is 1.03 bits per heavy atom. The van der Waals surface area contributed by atoms with E-state index in [-0.39, 0.29) is 23.7 Å². The molecule has 0 aromatic heterocycles. The molecule has 0 unspecified atom stereocenters. The van der Waals surface area contributed by atoms with Gasteiger partial charge >= 0.3 is 5.97 Å². The van der Waals surface area contributed by atoms with Crippen molar-refractivity contribution in [2.24, 2.45) is 11.8 Å². The number of benzene rings is 1. The predicted molar refractivity (Wildman–Crippen MR) is 107 cm³/mol. The first-order valence-corrected chi connectivity index (χ1v) is 10.2. The lowest BCUT2D eigenvalue weighted by Crippen LogP contribution is -2.45. The van der Waals surface area contributed by atoms with E-state index in [1.54, 1.807) is 12.1 Å². The van der Waals surface area contributed by atoms with Gasteiger partial charge in [0.15, 0.2) is 6.61 Å². The Bertz CT molecular complexity index is 778. The number of hydrogen-bond acceptors (Lipinski definition) is 5. The van der Waals surface area contributed by atoms with Gasteiger partial charge < -0.3 is 10.1 Å². The average Bonchev–Trinajstić information content (AvgIpc) is 2.96. The van der Waals surface area contributed by atoms with E-state index < -0.39 is 24.5 Å². The Labute approximate surface area is 170 Å². The van der Waals surface area contributed by atoms with E-state index >= 15 is 0 Å². The van der Waals surface area contributed by atoms with Crippen molar-refractivity contribution in [2.45, 2.75) is 58.4 Å². The number of nitrogens with one attached hydrogen (secondary N) is 1. The van der Waals surface area contributed by atoms with Crippen LogP contribution in [0.3, 0.4) is 0 Å². The number of likely N-dealkylation sites (tertiary alicyclic amines) is 1. The molecule has 1 aliphatic heterocycles. The summed E-state index contributed by atoms with van der Waals surface area (Å²) in [5.41, 5.74) is 1.77. The first-order valence-electron chi connectivity index (χ1n) is 10.2. The molecule has 3 rings (SSSR count). The molecule has 29 heavy (non-hydrogen) atoms. The van der Waals surface area contributed by atoms with Crippen LogP contribution in [0, 0.1) is 11.8 Å². The molecule has 1 saturated carbocycles. The first-order chi connectivity index (χ1) is 13.8. The number of nitrogens with zero attached hydrogens (tertiary/aromatic N) is 1. The molecule has 2 aliphatic rings. The van der Waals surface area contributed by atoms with E-state index in [0.29, 0.717) is 24.4 Å². The molecule has 3 atom stereocenters. The Balaban J connectivity index is 1.52. The van der Waals surface area contributed by atoms with Crippen molar-refractivity contribution in [3.8, 4) is 0 Å². The van der Waals surface area contributed by atoms with Gasteiger partial charge in [0.25, 0.3) is 5.91 Å². The summed E-state index contributed by atoms with van der Waals surface area (Å²) >= 11 is 0. The minimum Gasteiger partial charge on any atom is -0.454 e. The molecule has 1 aliphatic carbocycles. The van der Waals surface area contributed by atoms with Gasteiger partial charge in [0.1, 0.15) is 6.04 Å². The number of amides is 3. The SMILES string of the molecule is CC(C)c1ccc(NC(=O)COC(=O)[C@H](C)N2C(=O)[C@H]3CCCC[C@@H]3C2=O)cc1. The number of esters is 1. The third-order valence-electron chi connectivity index (χ3n) is 5.81. The highest BCUT2D eigenvalue weighted by atomic mass is 16.5. The molecule has 1 heterocycles. The summed E-state index contributed by atoms with van der Waals surface area (Å²) in [5.74, 6) is -2.06. The minimum atomic E-state index is -1.03. The van der Waals surface area contributed by atoms with Crippen molar-refractivity contribution in [3.05, 3.63) is 29.8 Å². The van der Waals surface area contributed by atoms with Gasteiger partial charge in [-0.1, -0.05) is 38.8 Å². The molecule has 2 fully saturated rings. The van der Waals surface area contributed by atoms with Crippen LogP contribution in [-0.2, 0) is 23.9 Å². The van der Waals surface area contributed by atoms with Gasteiger partial charge in [-0.15, -0.1) is 0 Å². The number of fused-ring (bicyclic) bond motifs is 1. The van der Waals surface area contributed by atoms with Gasteiger partial charge in [0, 0.05) is 5.69 Å². The highest BCUT2D eigenvalue weighted by molar-refractivity contribution is 6.08. The molecule has 7 nitrogen and oxygen atoms in total. The second kappa shape index (κ2) is 8.76. The second-order valence-electron chi connectivity index (χ2n) is 8.15. The lowest BCUT2D eigenvalue weighted by molar-refractivity contribution is -0.159. The summed E-state index contributed by atoms with van der Waals surface area (Å²) in [6, 6.07) is 6.41. The number of imide groups is 1. The fourth-order valence-corrected chi connectivity index (χ4v) is 4.08. The highest BCUT2D eigenvalue weighted by Gasteiger charge is 2.51. The van der Waals surface area contributed by atoms with E-state index in [0.717, 1.165) is 23.3 Å². The minimum absolute atomic E-state index is 0.293. The lowest BCUT2D eigenvalue weighted by atomic mass is 9.81. The second-order valence-corrected chi connectivity index (χ2v) is 8.15. The molecule has 156 valence electrons. The lowest BCUT2D eigenvalue weighted by Gasteiger charge is -2.21. The number of hydrogen-bond donors (Lipinski definition) is 1. The maximum atomic E-state index is 12.6. The number of anilines is 1. The van der Waals surface area contributed by atoms with E-state index in [4.69, 9.17) is 4.74 Å². The summed E-state index contributed by atoms with van der Waals surface area (Å²) in [5, 5.41) is 2.67. The first kappa shape index (κ1) is 21.0. The molecule has 0 radical (unpaired) electrons. The normalized spacial score (nSPS) is 22.4. The van der Waals surface area contributed by atoms with Crippen LogP contribution in [0.2, 0.25) is 0 Å². The van der Waals surface area contributed by atoms with Crippen LogP contribution in [-0.4, -0.2) is 41.2 Å². The van der Waals surface area contributed by atoms with Crippen LogP contribution in [0.15, 0.2) is 24.3 Å². The molecule has 0 bridgehead atoms. The van der Waals surface area contributed by atoms with Crippen molar-refractivity contribution in [2.75, 3.05) is 11.9 Å². The molecule has 1 aromatic rings. The van der Waals surface area contributed by atoms with E-state index in [1.165, 1.54) is 6.92 Å². The fourth-order valence-electron chi connectivity index (χ4n) is 4.08. The van der Waals surface area contributed by atoms with Gasteiger partial charge in [-0.3, -0.25) is 19.3 Å². The Hall–Kier alpha value is -2.70. The smallest absolute Gasteiger partial charge is 0.329 e. The van der Waals surface area contributed by atoms with Gasteiger partial charge in [0.2, 0.25) is 11.8 Å². The monoisotopic (exact) mass is 400 g/mol. The van der Waals surface area contributed by atoms with Crippen molar-refractivity contribution in [1.29, 1.82) is 0 Å². The van der Waals surface area contributed by atoms with Crippen LogP contribution >= 0.6 is 0 Å². The van der Waals surface area contributed by atoms with E-state index in [1.807, 2.05) is 12.1 Å². The summed E-state index contributed by atoms with van der Waals surface area (Å²) in [4.78, 5) is 50.6. The maximum absolute atomic E-state index is 12.6. The zero-order valence-electron chi connectivity index (χ0n) is 17.1. The van der Waals surface area contributed by atoms with Crippen molar-refractivity contribution >= 4 is 29.4 Å². The topological polar surface area (TPSA) is 92.8 Å². The molecule has 3 amide bonds. The standard InChI is InChI=1S/C22H28N2O5/c1-13(2)15-8-10-16(11-9-15)23-19(25)12-29-22(28)14(3)24-20(26)17-6-4-5-7-18(17)21(24)27/h8-11,13-14,17-18H,4-7,12H2,1-3H3,(H,23,25)/t14-,17-,18-/m0/s1. The Kier molecular flexibility index (Phi) is 6.35. The van der Waals surface area contributed by atoms with Gasteiger partial charge in [-0.05, 0) is 43.4 Å². The summed E-state index contributed by atoms with van der Waals surface area (Å²) < 4.78 is 5.07. The third kappa shape index (κ3) is 4.49. The summed E-state index contributed by atoms with van der Waals surface area (Å²) in [6.07, 6.45) is 3.22. The van der Waals surface area contributed by atoms with E-state index in [2.05, 4.69) is 19.2 Å². The maximum Gasteiger partial charge on any atom is 0.329 e. The Morgan fingerprint density at radius 2 is 1.59 bits per heavy atom. The van der Waals surface area contributed by atoms with Crippen molar-refractivity contribution < 1.29 is 23.9 Å². The predicted octanol–water partition coefficient (Wildman–Crippen LogP) is 2.86. The quantitative estimate of drug-likeness (QED) is 0.585. The number of ether oxygens (including phenoxy) is 1. The third-order valence-corrected chi connectivity index (χ3v) is 5.81. The molecule has 1 N–H and O–H groups in total. The molecule has 0 spiro atoms. The molecular weight excluding hydrogens is 372 g/mol. The average molecular weight is 400 g/mol. The van der Waals surface area contributed by atoms with Crippen molar-refractivity contribution in [1.82, 2.24) is 4.90 Å². The van der Waals surface area contributed by atoms with Gasteiger partial charge in [-0.2, -0.15) is 0 Å².